The van der Waals surface area contributed by atoms with Gasteiger partial charge >= 0.3 is 0 Å². The summed E-state index contributed by atoms with van der Waals surface area (Å²) < 4.78 is 0. The summed E-state index contributed by atoms with van der Waals surface area (Å²) >= 11 is 0. The van der Waals surface area contributed by atoms with Crippen molar-refractivity contribution in [1.82, 2.24) is 0 Å². The highest BCUT2D eigenvalue weighted by molar-refractivity contribution is 5.50. The minimum absolute atomic E-state index is 0.421. The number of hydrogen-bond acceptors (Lipinski definition) is 1. The second-order valence-electron chi connectivity index (χ2n) is 2.95. The highest BCUT2D eigenvalue weighted by Gasteiger charge is 1.92. The number of unbranched alkanes of at least 4 members (excludes halogenated alkanes) is 2. The molecule has 1 atom stereocenters. The Labute approximate surface area is 69.5 Å². The molecular formula is C10H18O. The molecule has 1 nitrogen and oxygen atoms in total. The van der Waals surface area contributed by atoms with Crippen LogP contribution in [0.2, 0.25) is 0 Å². The van der Waals surface area contributed by atoms with Gasteiger partial charge in [-0.15, -0.1) is 0 Å². The lowest BCUT2D eigenvalue weighted by Crippen LogP contribution is -1.88. The molecule has 0 saturated carbocycles. The number of carbonyl (C=O) groups is 1. The molecule has 0 radical (unpaired) electrons. The smallest absolute Gasteiger partial charge is 0.120 e. The molecule has 0 saturated heterocycles. The molecule has 0 N–H and O–H groups in total. The normalized spacial score (nSPS) is 13.6. The molecule has 0 aromatic heterocycles. The summed E-state index contributed by atoms with van der Waals surface area (Å²) in [5, 5.41) is 0. The van der Waals surface area contributed by atoms with Gasteiger partial charge < -0.3 is 4.79 Å². The fraction of sp³-hybridized carbons (Fsp3) is 0.700. The van der Waals surface area contributed by atoms with Crippen molar-refractivity contribution in [1.29, 1.82) is 0 Å². The minimum atomic E-state index is 0.421. The van der Waals surface area contributed by atoms with Gasteiger partial charge in [0.2, 0.25) is 0 Å². The fourth-order valence-corrected chi connectivity index (χ4v) is 0.881. The molecule has 1 unspecified atom stereocenters. The lowest BCUT2D eigenvalue weighted by Gasteiger charge is -1.97. The molecule has 0 aromatic carbocycles. The van der Waals surface area contributed by atoms with Crippen LogP contribution in [0.5, 0.6) is 0 Å². The average molecular weight is 154 g/mol. The van der Waals surface area contributed by atoms with Crippen molar-refractivity contribution in [3.63, 3.8) is 0 Å². The number of rotatable bonds is 6. The Hall–Kier alpha value is -0.590. The molecule has 0 aliphatic rings. The van der Waals surface area contributed by atoms with E-state index in [1.54, 1.807) is 0 Å². The standard InChI is InChI=1S/C10H18O/c1-3-4-5-6-7-10(2)8-9-11/h6-7,9-10H,3-5,8H2,1-2H3. The van der Waals surface area contributed by atoms with Gasteiger partial charge in [0.05, 0.1) is 0 Å². The molecule has 11 heavy (non-hydrogen) atoms. The van der Waals surface area contributed by atoms with Gasteiger partial charge in [-0.25, -0.2) is 0 Å². The number of aldehydes is 1. The van der Waals surface area contributed by atoms with Crippen LogP contribution in [0.4, 0.5) is 0 Å². The maximum absolute atomic E-state index is 10.1. The highest BCUT2D eigenvalue weighted by atomic mass is 16.1. The van der Waals surface area contributed by atoms with Gasteiger partial charge in [-0.05, 0) is 12.3 Å². The van der Waals surface area contributed by atoms with E-state index in [0.717, 1.165) is 12.7 Å². The summed E-state index contributed by atoms with van der Waals surface area (Å²) in [6.45, 7) is 4.25. The van der Waals surface area contributed by atoms with Crippen molar-refractivity contribution in [3.05, 3.63) is 12.2 Å². The van der Waals surface area contributed by atoms with E-state index in [1.165, 1.54) is 12.8 Å². The topological polar surface area (TPSA) is 17.1 Å². The van der Waals surface area contributed by atoms with Crippen LogP contribution >= 0.6 is 0 Å². The third-order valence-electron chi connectivity index (χ3n) is 1.66. The summed E-state index contributed by atoms with van der Waals surface area (Å²) in [4.78, 5) is 10.1. The molecule has 0 spiro atoms. The summed E-state index contributed by atoms with van der Waals surface area (Å²) in [5.41, 5.74) is 0. The van der Waals surface area contributed by atoms with E-state index in [9.17, 15) is 4.79 Å². The van der Waals surface area contributed by atoms with Crippen LogP contribution in [0.3, 0.4) is 0 Å². The fourth-order valence-electron chi connectivity index (χ4n) is 0.881. The Morgan fingerprint density at radius 2 is 2.18 bits per heavy atom. The van der Waals surface area contributed by atoms with E-state index in [0.29, 0.717) is 12.3 Å². The molecule has 0 bridgehead atoms. The third kappa shape index (κ3) is 7.31. The zero-order valence-corrected chi connectivity index (χ0v) is 7.55. The van der Waals surface area contributed by atoms with Crippen molar-refractivity contribution in [2.75, 3.05) is 0 Å². The second-order valence-corrected chi connectivity index (χ2v) is 2.95. The largest absolute Gasteiger partial charge is 0.303 e. The van der Waals surface area contributed by atoms with Crippen molar-refractivity contribution in [2.45, 2.75) is 39.5 Å². The Morgan fingerprint density at radius 1 is 1.45 bits per heavy atom. The van der Waals surface area contributed by atoms with E-state index in [1.807, 2.05) is 0 Å². The molecule has 0 heterocycles. The first kappa shape index (κ1) is 10.4. The number of hydrogen-bond donors (Lipinski definition) is 0. The van der Waals surface area contributed by atoms with E-state index in [2.05, 4.69) is 26.0 Å². The maximum Gasteiger partial charge on any atom is 0.120 e. The molecule has 0 aromatic rings. The van der Waals surface area contributed by atoms with Crippen LogP contribution in [-0.4, -0.2) is 6.29 Å². The molecule has 64 valence electrons. The van der Waals surface area contributed by atoms with Gasteiger partial charge in [0.25, 0.3) is 0 Å². The van der Waals surface area contributed by atoms with Crippen LogP contribution in [0, 0.1) is 5.92 Å². The second kappa shape index (κ2) is 7.52. The first-order valence-electron chi connectivity index (χ1n) is 4.41. The van der Waals surface area contributed by atoms with Crippen molar-refractivity contribution in [2.24, 2.45) is 5.92 Å². The van der Waals surface area contributed by atoms with Crippen LogP contribution in [-0.2, 0) is 4.79 Å². The first-order valence-corrected chi connectivity index (χ1v) is 4.41. The van der Waals surface area contributed by atoms with Crippen LogP contribution in [0.25, 0.3) is 0 Å². The predicted molar refractivity (Wildman–Crippen MR) is 48.5 cm³/mol. The van der Waals surface area contributed by atoms with Crippen molar-refractivity contribution < 1.29 is 4.79 Å². The minimum Gasteiger partial charge on any atom is -0.303 e. The van der Waals surface area contributed by atoms with E-state index in [4.69, 9.17) is 0 Å². The van der Waals surface area contributed by atoms with Gasteiger partial charge in [-0.1, -0.05) is 38.8 Å². The van der Waals surface area contributed by atoms with Crippen LogP contribution in [0.15, 0.2) is 12.2 Å². The summed E-state index contributed by atoms with van der Waals surface area (Å²) in [7, 11) is 0. The Balaban J connectivity index is 3.31. The quantitative estimate of drug-likeness (QED) is 0.326. The van der Waals surface area contributed by atoms with Gasteiger partial charge in [0, 0.05) is 6.42 Å². The molecule has 0 rings (SSSR count). The van der Waals surface area contributed by atoms with Gasteiger partial charge in [-0.2, -0.15) is 0 Å². The highest BCUT2D eigenvalue weighted by Crippen LogP contribution is 2.03. The lowest BCUT2D eigenvalue weighted by molar-refractivity contribution is -0.108. The third-order valence-corrected chi connectivity index (χ3v) is 1.66. The molecule has 0 aliphatic heterocycles. The van der Waals surface area contributed by atoms with Crippen molar-refractivity contribution >= 4 is 6.29 Å². The number of carbonyl (C=O) groups excluding carboxylic acids is 1. The molecule has 0 fully saturated rings. The van der Waals surface area contributed by atoms with Gasteiger partial charge in [0.1, 0.15) is 6.29 Å². The molecule has 0 amide bonds. The first-order chi connectivity index (χ1) is 5.31. The Morgan fingerprint density at radius 3 is 2.73 bits per heavy atom. The number of allylic oxidation sites excluding steroid dienone is 2. The van der Waals surface area contributed by atoms with E-state index < -0.39 is 0 Å². The van der Waals surface area contributed by atoms with Gasteiger partial charge in [-0.3, -0.25) is 0 Å². The summed E-state index contributed by atoms with van der Waals surface area (Å²) in [5.74, 6) is 0.421. The molecule has 1 heteroatoms. The van der Waals surface area contributed by atoms with Crippen LogP contribution < -0.4 is 0 Å². The van der Waals surface area contributed by atoms with E-state index in [-0.39, 0.29) is 0 Å². The molecule has 0 aliphatic carbocycles. The van der Waals surface area contributed by atoms with Gasteiger partial charge in [0.15, 0.2) is 0 Å². The Kier molecular flexibility index (Phi) is 7.11. The maximum atomic E-state index is 10.1. The molecular weight excluding hydrogens is 136 g/mol. The van der Waals surface area contributed by atoms with Crippen molar-refractivity contribution in [3.8, 4) is 0 Å². The predicted octanol–water partition coefficient (Wildman–Crippen LogP) is 2.96. The Bertz CT molecular complexity index is 116. The van der Waals surface area contributed by atoms with E-state index >= 15 is 0 Å². The average Bonchev–Trinajstić information content (AvgIpc) is 1.99. The SMILES string of the molecule is CCCCC=CC(C)CC=O. The summed E-state index contributed by atoms with van der Waals surface area (Å²) in [6.07, 6.45) is 9.59. The monoisotopic (exact) mass is 154 g/mol. The zero-order chi connectivity index (χ0) is 8.53. The summed E-state index contributed by atoms with van der Waals surface area (Å²) in [6, 6.07) is 0. The lowest BCUT2D eigenvalue weighted by atomic mass is 10.1. The zero-order valence-electron chi connectivity index (χ0n) is 7.55. The van der Waals surface area contributed by atoms with Crippen LogP contribution in [0.1, 0.15) is 39.5 Å².